The van der Waals surface area contributed by atoms with E-state index in [-0.39, 0.29) is 5.97 Å². The lowest BCUT2D eigenvalue weighted by atomic mass is 10.0. The number of ether oxygens (including phenoxy) is 1. The number of nitrogens with zero attached hydrogens (tertiary/aromatic N) is 3. The summed E-state index contributed by atoms with van der Waals surface area (Å²) >= 11 is 0. The molecule has 0 bridgehead atoms. The molecule has 0 saturated carbocycles. The Morgan fingerprint density at radius 1 is 1.35 bits per heavy atom. The fraction of sp³-hybridized carbons (Fsp3) is 0.833. The first-order valence-corrected chi connectivity index (χ1v) is 5.95. The number of carbonyl (C=O) groups excluding carboxylic acids is 1. The summed E-state index contributed by atoms with van der Waals surface area (Å²) in [6.07, 6.45) is 0.443. The topological polar surface area (TPSA) is 56.6 Å². The monoisotopic (exact) mass is 239 g/mol. The van der Waals surface area contributed by atoms with Gasteiger partial charge in [0.25, 0.3) is 0 Å². The molecule has 1 aliphatic rings. The van der Waals surface area contributed by atoms with Crippen molar-refractivity contribution in [2.45, 2.75) is 25.8 Å². The van der Waals surface area contributed by atoms with Crippen LogP contribution in [0.5, 0.6) is 0 Å². The highest BCUT2D eigenvalue weighted by atomic mass is 16.5. The summed E-state index contributed by atoms with van der Waals surface area (Å²) in [5, 5.41) is 9.05. The van der Waals surface area contributed by atoms with Crippen LogP contribution in [0.2, 0.25) is 0 Å². The number of rotatable bonds is 4. The molecule has 0 radical (unpaired) electrons. The second-order valence-corrected chi connectivity index (χ2v) is 4.83. The zero-order chi connectivity index (χ0) is 12.9. The molecule has 1 rings (SSSR count). The molecule has 1 heterocycles. The number of esters is 1. The van der Waals surface area contributed by atoms with E-state index in [4.69, 9.17) is 5.26 Å². The van der Waals surface area contributed by atoms with Gasteiger partial charge in [0.2, 0.25) is 0 Å². The second kappa shape index (κ2) is 5.99. The minimum atomic E-state index is -0.394. The lowest BCUT2D eigenvalue weighted by Gasteiger charge is -2.40. The average Bonchev–Trinajstić information content (AvgIpc) is 2.36. The molecule has 5 nitrogen and oxygen atoms in total. The van der Waals surface area contributed by atoms with E-state index >= 15 is 0 Å². The van der Waals surface area contributed by atoms with Crippen LogP contribution in [0.15, 0.2) is 0 Å². The minimum Gasteiger partial charge on any atom is -0.469 e. The highest BCUT2D eigenvalue weighted by molar-refractivity contribution is 5.69. The molecule has 96 valence electrons. The molecule has 17 heavy (non-hydrogen) atoms. The number of nitriles is 1. The third-order valence-corrected chi connectivity index (χ3v) is 3.30. The van der Waals surface area contributed by atoms with Gasteiger partial charge < -0.3 is 9.64 Å². The summed E-state index contributed by atoms with van der Waals surface area (Å²) < 4.78 is 4.61. The van der Waals surface area contributed by atoms with Gasteiger partial charge in [-0.05, 0) is 13.8 Å². The van der Waals surface area contributed by atoms with Gasteiger partial charge in [-0.15, -0.1) is 0 Å². The Balaban J connectivity index is 2.32. The van der Waals surface area contributed by atoms with Gasteiger partial charge in [-0.3, -0.25) is 9.69 Å². The maximum absolute atomic E-state index is 11.0. The van der Waals surface area contributed by atoms with Crippen molar-refractivity contribution in [1.29, 1.82) is 5.26 Å². The van der Waals surface area contributed by atoms with Gasteiger partial charge in [0.05, 0.1) is 19.6 Å². The molecule has 0 N–H and O–H groups in total. The van der Waals surface area contributed by atoms with Crippen LogP contribution in [-0.2, 0) is 9.53 Å². The van der Waals surface area contributed by atoms with Gasteiger partial charge in [0, 0.05) is 32.7 Å². The van der Waals surface area contributed by atoms with Crippen molar-refractivity contribution < 1.29 is 9.53 Å². The number of hydrogen-bond acceptors (Lipinski definition) is 5. The Labute approximate surface area is 103 Å². The van der Waals surface area contributed by atoms with E-state index in [1.54, 1.807) is 0 Å². The van der Waals surface area contributed by atoms with E-state index < -0.39 is 5.54 Å². The van der Waals surface area contributed by atoms with Crippen molar-refractivity contribution in [3.63, 3.8) is 0 Å². The Bertz CT molecular complexity index is 301. The molecule has 0 atom stereocenters. The Morgan fingerprint density at radius 2 is 1.94 bits per heavy atom. The molecule has 0 aliphatic carbocycles. The molecule has 0 spiro atoms. The van der Waals surface area contributed by atoms with Crippen molar-refractivity contribution in [2.75, 3.05) is 39.8 Å². The third kappa shape index (κ3) is 3.99. The van der Waals surface area contributed by atoms with Gasteiger partial charge in [0.15, 0.2) is 0 Å². The van der Waals surface area contributed by atoms with Crippen LogP contribution < -0.4 is 0 Å². The van der Waals surface area contributed by atoms with Crippen molar-refractivity contribution >= 4 is 5.97 Å². The van der Waals surface area contributed by atoms with E-state index in [0.29, 0.717) is 6.42 Å². The molecule has 0 amide bonds. The molecule has 5 heteroatoms. The molecular formula is C12H21N3O2. The predicted octanol–water partition coefficient (Wildman–Crippen LogP) is 0.469. The summed E-state index contributed by atoms with van der Waals surface area (Å²) in [6.45, 7) is 8.19. The Kier molecular flexibility index (Phi) is 4.91. The smallest absolute Gasteiger partial charge is 0.306 e. The van der Waals surface area contributed by atoms with Crippen molar-refractivity contribution in [3.8, 4) is 6.07 Å². The van der Waals surface area contributed by atoms with Gasteiger partial charge in [-0.25, -0.2) is 0 Å². The van der Waals surface area contributed by atoms with Crippen LogP contribution in [0.4, 0.5) is 0 Å². The van der Waals surface area contributed by atoms with Crippen molar-refractivity contribution in [3.05, 3.63) is 0 Å². The fourth-order valence-corrected chi connectivity index (χ4v) is 1.95. The lowest BCUT2D eigenvalue weighted by molar-refractivity contribution is -0.141. The van der Waals surface area contributed by atoms with Crippen molar-refractivity contribution in [2.24, 2.45) is 0 Å². The third-order valence-electron chi connectivity index (χ3n) is 3.30. The van der Waals surface area contributed by atoms with Crippen LogP contribution in [-0.4, -0.2) is 61.1 Å². The normalized spacial score (nSPS) is 18.7. The molecule has 1 fully saturated rings. The maximum atomic E-state index is 11.0. The quantitative estimate of drug-likeness (QED) is 0.667. The molecular weight excluding hydrogens is 218 g/mol. The summed E-state index contributed by atoms with van der Waals surface area (Å²) in [5.41, 5.74) is -0.394. The minimum absolute atomic E-state index is 0.162. The van der Waals surface area contributed by atoms with Crippen LogP contribution in [0.25, 0.3) is 0 Å². The molecule has 0 aromatic rings. The summed E-state index contributed by atoms with van der Waals surface area (Å²) in [5.74, 6) is -0.162. The molecule has 1 aliphatic heterocycles. The average molecular weight is 239 g/mol. The lowest BCUT2D eigenvalue weighted by Crippen LogP contribution is -2.54. The molecule has 0 aromatic heterocycles. The maximum Gasteiger partial charge on any atom is 0.306 e. The Hall–Kier alpha value is -1.12. The molecule has 1 saturated heterocycles. The van der Waals surface area contributed by atoms with E-state index in [1.807, 2.05) is 13.8 Å². The van der Waals surface area contributed by atoms with Crippen LogP contribution in [0.1, 0.15) is 20.3 Å². The standard InChI is InChI=1S/C12H21N3O2/c1-12(2,10-13)15-8-6-14(7-9-15)5-4-11(16)17-3/h4-9H2,1-3H3. The predicted molar refractivity (Wildman–Crippen MR) is 64.3 cm³/mol. The highest BCUT2D eigenvalue weighted by Crippen LogP contribution is 2.15. The number of methoxy groups -OCH3 is 1. The van der Waals surface area contributed by atoms with Crippen LogP contribution in [0, 0.1) is 11.3 Å². The first kappa shape index (κ1) is 13.9. The first-order chi connectivity index (χ1) is 7.99. The van der Waals surface area contributed by atoms with Crippen LogP contribution in [0.3, 0.4) is 0 Å². The fourth-order valence-electron chi connectivity index (χ4n) is 1.95. The van der Waals surface area contributed by atoms with E-state index in [1.165, 1.54) is 7.11 Å². The highest BCUT2D eigenvalue weighted by Gasteiger charge is 2.29. The van der Waals surface area contributed by atoms with E-state index in [0.717, 1.165) is 32.7 Å². The van der Waals surface area contributed by atoms with E-state index in [9.17, 15) is 4.79 Å². The zero-order valence-electron chi connectivity index (χ0n) is 10.9. The first-order valence-electron chi connectivity index (χ1n) is 5.95. The number of carbonyl (C=O) groups is 1. The van der Waals surface area contributed by atoms with E-state index in [2.05, 4.69) is 20.6 Å². The number of piperazine rings is 1. The molecule has 0 aromatic carbocycles. The second-order valence-electron chi connectivity index (χ2n) is 4.83. The summed E-state index contributed by atoms with van der Waals surface area (Å²) in [4.78, 5) is 15.4. The van der Waals surface area contributed by atoms with Gasteiger partial charge >= 0.3 is 5.97 Å². The zero-order valence-corrected chi connectivity index (χ0v) is 10.9. The number of hydrogen-bond donors (Lipinski definition) is 0. The van der Waals surface area contributed by atoms with Crippen molar-refractivity contribution in [1.82, 2.24) is 9.80 Å². The molecule has 0 unspecified atom stereocenters. The Morgan fingerprint density at radius 3 is 2.41 bits per heavy atom. The largest absolute Gasteiger partial charge is 0.469 e. The van der Waals surface area contributed by atoms with Gasteiger partial charge in [-0.2, -0.15) is 5.26 Å². The van der Waals surface area contributed by atoms with Crippen LogP contribution >= 0.6 is 0 Å². The summed E-state index contributed by atoms with van der Waals surface area (Å²) in [6, 6.07) is 2.32. The van der Waals surface area contributed by atoms with Gasteiger partial charge in [-0.1, -0.05) is 0 Å². The SMILES string of the molecule is COC(=O)CCN1CCN(C(C)(C)C#N)CC1. The summed E-state index contributed by atoms with van der Waals surface area (Å²) in [7, 11) is 1.41. The van der Waals surface area contributed by atoms with Gasteiger partial charge in [0.1, 0.15) is 5.54 Å².